The van der Waals surface area contributed by atoms with Crippen LogP contribution >= 0.6 is 15.9 Å². The van der Waals surface area contributed by atoms with Crippen molar-refractivity contribution in [2.75, 3.05) is 0 Å². The molecule has 0 bridgehead atoms. The van der Waals surface area contributed by atoms with Gasteiger partial charge < -0.3 is 9.52 Å². The minimum absolute atomic E-state index is 0.260. The van der Waals surface area contributed by atoms with Crippen molar-refractivity contribution in [1.29, 1.82) is 0 Å². The maximum Gasteiger partial charge on any atom is 0.148 e. The number of benzene rings is 2. The Bertz CT molecular complexity index is 800. The Labute approximate surface area is 130 Å². The van der Waals surface area contributed by atoms with Crippen LogP contribution in [0.15, 0.2) is 45.3 Å². The van der Waals surface area contributed by atoms with E-state index in [9.17, 15) is 9.50 Å². The molecule has 2 aromatic carbocycles. The predicted molar refractivity (Wildman–Crippen MR) is 83.8 cm³/mol. The van der Waals surface area contributed by atoms with Crippen LogP contribution in [0, 0.1) is 19.7 Å². The summed E-state index contributed by atoms with van der Waals surface area (Å²) in [4.78, 5) is 0. The van der Waals surface area contributed by atoms with Crippen LogP contribution < -0.4 is 0 Å². The van der Waals surface area contributed by atoms with Crippen molar-refractivity contribution in [2.24, 2.45) is 0 Å². The van der Waals surface area contributed by atoms with Crippen LogP contribution in [0.2, 0.25) is 0 Å². The summed E-state index contributed by atoms with van der Waals surface area (Å²) in [6, 6.07) is 10.6. The Morgan fingerprint density at radius 3 is 2.62 bits per heavy atom. The van der Waals surface area contributed by atoms with Crippen LogP contribution in [-0.2, 0) is 0 Å². The highest BCUT2D eigenvalue weighted by Crippen LogP contribution is 2.34. The molecule has 3 aromatic rings. The van der Waals surface area contributed by atoms with Crippen molar-refractivity contribution in [1.82, 2.24) is 0 Å². The summed E-state index contributed by atoms with van der Waals surface area (Å²) >= 11 is 3.40. The molecule has 0 saturated heterocycles. The first-order valence-electron chi connectivity index (χ1n) is 6.60. The fraction of sp³-hybridized carbons (Fsp3) is 0.176. The Morgan fingerprint density at radius 1 is 1.19 bits per heavy atom. The van der Waals surface area contributed by atoms with E-state index in [2.05, 4.69) is 15.9 Å². The van der Waals surface area contributed by atoms with Crippen molar-refractivity contribution >= 4 is 26.9 Å². The van der Waals surface area contributed by atoms with Gasteiger partial charge >= 0.3 is 0 Å². The molecule has 3 rings (SSSR count). The lowest BCUT2D eigenvalue weighted by atomic mass is 9.99. The first kappa shape index (κ1) is 14.3. The van der Waals surface area contributed by atoms with Gasteiger partial charge in [-0.1, -0.05) is 18.2 Å². The van der Waals surface area contributed by atoms with E-state index in [1.807, 2.05) is 31.2 Å². The van der Waals surface area contributed by atoms with Crippen LogP contribution in [0.1, 0.15) is 28.6 Å². The smallest absolute Gasteiger partial charge is 0.148 e. The van der Waals surface area contributed by atoms with Gasteiger partial charge in [0.05, 0.1) is 4.47 Å². The van der Waals surface area contributed by atoms with Gasteiger partial charge in [-0.05, 0) is 59.1 Å². The third kappa shape index (κ3) is 2.49. The fourth-order valence-corrected chi connectivity index (χ4v) is 3.06. The van der Waals surface area contributed by atoms with Gasteiger partial charge in [-0.3, -0.25) is 0 Å². The summed E-state index contributed by atoms with van der Waals surface area (Å²) in [6.45, 7) is 3.61. The number of hydrogen-bond donors (Lipinski definition) is 1. The maximum atomic E-state index is 14.2. The van der Waals surface area contributed by atoms with Crippen LogP contribution in [-0.4, -0.2) is 5.11 Å². The fourth-order valence-electron chi connectivity index (χ4n) is 2.60. The summed E-state index contributed by atoms with van der Waals surface area (Å²) < 4.78 is 20.7. The SMILES string of the molecule is Cc1cc(C)c(C(O)c2cc3cccc(Br)c3o2)c(F)c1. The van der Waals surface area contributed by atoms with Crippen LogP contribution in [0.4, 0.5) is 4.39 Å². The summed E-state index contributed by atoms with van der Waals surface area (Å²) in [7, 11) is 0. The van der Waals surface area contributed by atoms with Gasteiger partial charge in [0, 0.05) is 10.9 Å². The first-order valence-corrected chi connectivity index (χ1v) is 7.39. The average molecular weight is 349 g/mol. The summed E-state index contributed by atoms with van der Waals surface area (Å²) in [6.07, 6.45) is -1.12. The standard InChI is InChI=1S/C17H14BrFO2/c1-9-6-10(2)15(13(19)7-9)16(20)14-8-11-4-3-5-12(18)17(11)21-14/h3-8,16,20H,1-2H3. The number of halogens is 2. The average Bonchev–Trinajstić information content (AvgIpc) is 2.82. The molecule has 0 amide bonds. The number of rotatable bonds is 2. The van der Waals surface area contributed by atoms with Gasteiger partial charge in [-0.2, -0.15) is 0 Å². The number of fused-ring (bicyclic) bond motifs is 1. The maximum absolute atomic E-state index is 14.2. The minimum atomic E-state index is -1.12. The van der Waals surface area contributed by atoms with Crippen LogP contribution in [0.25, 0.3) is 11.0 Å². The lowest BCUT2D eigenvalue weighted by Gasteiger charge is -2.13. The molecule has 1 heterocycles. The Kier molecular flexibility index (Phi) is 3.59. The number of para-hydroxylation sites is 1. The van der Waals surface area contributed by atoms with Crippen molar-refractivity contribution in [3.63, 3.8) is 0 Å². The highest BCUT2D eigenvalue weighted by molar-refractivity contribution is 9.10. The van der Waals surface area contributed by atoms with Gasteiger partial charge in [0.1, 0.15) is 23.3 Å². The number of hydrogen-bond acceptors (Lipinski definition) is 2. The van der Waals surface area contributed by atoms with Crippen molar-refractivity contribution in [3.05, 3.63) is 69.1 Å². The normalized spacial score (nSPS) is 12.8. The molecule has 2 nitrogen and oxygen atoms in total. The molecular formula is C17H14BrFO2. The highest BCUT2D eigenvalue weighted by Gasteiger charge is 2.22. The van der Waals surface area contributed by atoms with Crippen LogP contribution in [0.5, 0.6) is 0 Å². The second-order valence-corrected chi connectivity index (χ2v) is 6.04. The molecule has 0 aliphatic rings. The summed E-state index contributed by atoms with van der Waals surface area (Å²) in [5, 5.41) is 11.4. The topological polar surface area (TPSA) is 33.4 Å². The molecule has 0 aliphatic heterocycles. The van der Waals surface area contributed by atoms with E-state index in [0.717, 1.165) is 15.4 Å². The highest BCUT2D eigenvalue weighted by atomic mass is 79.9. The third-order valence-electron chi connectivity index (χ3n) is 3.54. The summed E-state index contributed by atoms with van der Waals surface area (Å²) in [5.41, 5.74) is 2.44. The zero-order valence-corrected chi connectivity index (χ0v) is 13.2. The molecule has 1 atom stereocenters. The van der Waals surface area contributed by atoms with E-state index in [1.54, 1.807) is 13.0 Å². The van der Waals surface area contributed by atoms with E-state index < -0.39 is 11.9 Å². The quantitative estimate of drug-likeness (QED) is 0.704. The monoisotopic (exact) mass is 348 g/mol. The van der Waals surface area contributed by atoms with Crippen LogP contribution in [0.3, 0.4) is 0 Å². The number of aliphatic hydroxyl groups excluding tert-OH is 1. The largest absolute Gasteiger partial charge is 0.457 e. The molecule has 0 saturated carbocycles. The number of furan rings is 1. The van der Waals surface area contributed by atoms with Crippen molar-refractivity contribution in [3.8, 4) is 0 Å². The second kappa shape index (κ2) is 5.28. The summed E-state index contributed by atoms with van der Waals surface area (Å²) in [5.74, 6) is -0.0812. The van der Waals surface area contributed by atoms with Gasteiger partial charge in [-0.25, -0.2) is 4.39 Å². The zero-order valence-electron chi connectivity index (χ0n) is 11.7. The molecule has 1 aromatic heterocycles. The molecule has 1 unspecified atom stereocenters. The van der Waals surface area contributed by atoms with Gasteiger partial charge in [-0.15, -0.1) is 0 Å². The zero-order chi connectivity index (χ0) is 15.1. The number of aliphatic hydroxyl groups is 1. The molecular weight excluding hydrogens is 335 g/mol. The Morgan fingerprint density at radius 2 is 1.95 bits per heavy atom. The Hall–Kier alpha value is -1.65. The third-order valence-corrected chi connectivity index (χ3v) is 4.16. The van der Waals surface area contributed by atoms with E-state index in [-0.39, 0.29) is 5.56 Å². The minimum Gasteiger partial charge on any atom is -0.457 e. The van der Waals surface area contributed by atoms with Crippen molar-refractivity contribution < 1.29 is 13.9 Å². The molecule has 4 heteroatoms. The predicted octanol–water partition coefficient (Wildman–Crippen LogP) is 5.03. The molecule has 21 heavy (non-hydrogen) atoms. The lowest BCUT2D eigenvalue weighted by molar-refractivity contribution is 0.186. The van der Waals surface area contributed by atoms with E-state index >= 15 is 0 Å². The number of aryl methyl sites for hydroxylation is 2. The van der Waals surface area contributed by atoms with E-state index in [4.69, 9.17) is 4.42 Å². The van der Waals surface area contributed by atoms with Gasteiger partial charge in [0.15, 0.2) is 0 Å². The first-order chi connectivity index (χ1) is 9.97. The van der Waals surface area contributed by atoms with E-state index in [1.165, 1.54) is 6.07 Å². The van der Waals surface area contributed by atoms with Gasteiger partial charge in [0.2, 0.25) is 0 Å². The molecule has 108 valence electrons. The molecule has 0 aliphatic carbocycles. The molecule has 1 N–H and O–H groups in total. The molecule has 0 spiro atoms. The molecule has 0 fully saturated rings. The Balaban J connectivity index is 2.12. The van der Waals surface area contributed by atoms with E-state index in [0.29, 0.717) is 16.9 Å². The van der Waals surface area contributed by atoms with Crippen molar-refractivity contribution in [2.45, 2.75) is 20.0 Å². The lowest BCUT2D eigenvalue weighted by Crippen LogP contribution is -2.04. The molecule has 0 radical (unpaired) electrons. The second-order valence-electron chi connectivity index (χ2n) is 5.19. The van der Waals surface area contributed by atoms with Gasteiger partial charge in [0.25, 0.3) is 0 Å².